The maximum atomic E-state index is 12.2. The summed E-state index contributed by atoms with van der Waals surface area (Å²) >= 11 is 0. The van der Waals surface area contributed by atoms with E-state index in [1.165, 1.54) is 18.4 Å². The fourth-order valence-corrected chi connectivity index (χ4v) is 3.25. The molecule has 2 aliphatic heterocycles. The Hall–Kier alpha value is -1.52. The number of rotatable bonds is 3. The summed E-state index contributed by atoms with van der Waals surface area (Å²) in [5.41, 5.74) is 2.61. The van der Waals surface area contributed by atoms with E-state index in [1.807, 2.05) is 0 Å². The molecule has 2 aliphatic rings. The van der Waals surface area contributed by atoms with E-state index in [2.05, 4.69) is 10.5 Å². The predicted octanol–water partition coefficient (Wildman–Crippen LogP) is -1.80. The molecule has 9 nitrogen and oxygen atoms in total. The summed E-state index contributed by atoms with van der Waals surface area (Å²) in [4.78, 5) is 24.8. The van der Waals surface area contributed by atoms with Crippen LogP contribution >= 0.6 is 0 Å². The van der Waals surface area contributed by atoms with Crippen LogP contribution in [0.15, 0.2) is 5.10 Å². The Balaban J connectivity index is 1.95. The van der Waals surface area contributed by atoms with Gasteiger partial charge in [-0.3, -0.25) is 9.59 Å². The number of hydrogen-bond acceptors (Lipinski definition) is 5. The average molecular weight is 317 g/mol. The van der Waals surface area contributed by atoms with Crippen molar-refractivity contribution in [2.24, 2.45) is 5.10 Å². The van der Waals surface area contributed by atoms with Gasteiger partial charge in [0.05, 0.1) is 0 Å². The van der Waals surface area contributed by atoms with Crippen LogP contribution in [0.4, 0.5) is 0 Å². The van der Waals surface area contributed by atoms with Gasteiger partial charge >= 0.3 is 0 Å². The molecule has 0 bridgehead atoms. The van der Waals surface area contributed by atoms with E-state index >= 15 is 0 Å². The van der Waals surface area contributed by atoms with E-state index < -0.39 is 10.2 Å². The van der Waals surface area contributed by atoms with Gasteiger partial charge in [-0.15, -0.1) is 0 Å². The molecule has 118 valence electrons. The van der Waals surface area contributed by atoms with Gasteiger partial charge in [-0.2, -0.15) is 22.1 Å². The second-order valence-electron chi connectivity index (χ2n) is 5.07. The number of nitrogens with zero attached hydrogens (tertiary/aromatic N) is 4. The lowest BCUT2D eigenvalue weighted by Crippen LogP contribution is -2.54. The minimum absolute atomic E-state index is 0.201. The molecule has 0 aromatic rings. The van der Waals surface area contributed by atoms with Crippen LogP contribution in [0.2, 0.25) is 0 Å². The molecule has 0 saturated carbocycles. The molecule has 2 amide bonds. The molecule has 0 aromatic heterocycles. The Morgan fingerprint density at radius 1 is 1.19 bits per heavy atom. The SMILES string of the molecule is CN(C)S(=O)(=O)N1CCN(C(=O)C2=NNC(=O)CC2)CC1. The molecule has 21 heavy (non-hydrogen) atoms. The molecule has 1 N–H and O–H groups in total. The van der Waals surface area contributed by atoms with Crippen molar-refractivity contribution < 1.29 is 18.0 Å². The zero-order valence-corrected chi connectivity index (χ0v) is 12.9. The van der Waals surface area contributed by atoms with Crippen molar-refractivity contribution in [3.8, 4) is 0 Å². The topological polar surface area (TPSA) is 102 Å². The van der Waals surface area contributed by atoms with Gasteiger partial charge in [-0.05, 0) is 0 Å². The number of amides is 2. The number of carbonyl (C=O) groups excluding carboxylic acids is 2. The zero-order valence-electron chi connectivity index (χ0n) is 12.1. The van der Waals surface area contributed by atoms with Crippen molar-refractivity contribution in [3.05, 3.63) is 0 Å². The molecule has 0 spiro atoms. The molecular formula is C11H19N5O4S. The van der Waals surface area contributed by atoms with Crippen molar-refractivity contribution in [1.82, 2.24) is 18.9 Å². The lowest BCUT2D eigenvalue weighted by atomic mass is 10.1. The highest BCUT2D eigenvalue weighted by Crippen LogP contribution is 2.11. The third-order valence-electron chi connectivity index (χ3n) is 3.46. The standard InChI is InChI=1S/C11H19N5O4S/c1-14(2)21(19,20)16-7-5-15(6-8-16)11(18)9-3-4-10(17)13-12-9/h3-8H2,1-2H3,(H,13,17). The van der Waals surface area contributed by atoms with Gasteiger partial charge < -0.3 is 4.90 Å². The second kappa shape index (κ2) is 6.08. The molecule has 2 heterocycles. The van der Waals surface area contributed by atoms with Crippen LogP contribution in [0.1, 0.15) is 12.8 Å². The van der Waals surface area contributed by atoms with E-state index in [0.29, 0.717) is 25.2 Å². The van der Waals surface area contributed by atoms with Gasteiger partial charge in [0.2, 0.25) is 5.91 Å². The lowest BCUT2D eigenvalue weighted by Gasteiger charge is -2.35. The third kappa shape index (κ3) is 3.39. The Bertz CT molecular complexity index is 563. The summed E-state index contributed by atoms with van der Waals surface area (Å²) < 4.78 is 26.5. The summed E-state index contributed by atoms with van der Waals surface area (Å²) in [5, 5.41) is 3.77. The molecule has 0 aliphatic carbocycles. The van der Waals surface area contributed by atoms with Crippen molar-refractivity contribution in [2.75, 3.05) is 40.3 Å². The Morgan fingerprint density at radius 3 is 2.29 bits per heavy atom. The summed E-state index contributed by atoms with van der Waals surface area (Å²) in [6.07, 6.45) is 0.570. The third-order valence-corrected chi connectivity index (χ3v) is 5.41. The average Bonchev–Trinajstić information content (AvgIpc) is 2.47. The van der Waals surface area contributed by atoms with E-state index in [-0.39, 0.29) is 31.3 Å². The maximum Gasteiger partial charge on any atom is 0.281 e. The molecule has 0 radical (unpaired) electrons. The smallest absolute Gasteiger partial charge is 0.281 e. The normalized spacial score (nSPS) is 21.2. The van der Waals surface area contributed by atoms with Crippen LogP contribution in [-0.2, 0) is 19.8 Å². The molecule has 0 aromatic carbocycles. The first-order chi connectivity index (χ1) is 9.82. The molecule has 0 unspecified atom stereocenters. The summed E-state index contributed by atoms with van der Waals surface area (Å²) in [6.45, 7) is 1.15. The summed E-state index contributed by atoms with van der Waals surface area (Å²) in [7, 11) is -0.483. The van der Waals surface area contributed by atoms with Gasteiger partial charge in [0.25, 0.3) is 16.1 Å². The van der Waals surface area contributed by atoms with E-state index in [9.17, 15) is 18.0 Å². The highest BCUT2D eigenvalue weighted by atomic mass is 32.2. The van der Waals surface area contributed by atoms with Crippen LogP contribution in [0.3, 0.4) is 0 Å². The number of piperazine rings is 1. The number of hydrogen-bond donors (Lipinski definition) is 1. The van der Waals surface area contributed by atoms with E-state index in [4.69, 9.17) is 0 Å². The van der Waals surface area contributed by atoms with Crippen LogP contribution in [-0.4, -0.2) is 79.7 Å². The molecule has 1 saturated heterocycles. The molecule has 10 heteroatoms. The fraction of sp³-hybridized carbons (Fsp3) is 0.727. The Kier molecular flexibility index (Phi) is 4.59. The van der Waals surface area contributed by atoms with Gasteiger partial charge in [0, 0.05) is 53.1 Å². The quantitative estimate of drug-likeness (QED) is 0.663. The summed E-state index contributed by atoms with van der Waals surface area (Å²) in [6, 6.07) is 0. The van der Waals surface area contributed by atoms with Crippen molar-refractivity contribution in [2.45, 2.75) is 12.8 Å². The first kappa shape index (κ1) is 15.9. The number of carbonyl (C=O) groups is 2. The number of hydrazone groups is 1. The highest BCUT2D eigenvalue weighted by Gasteiger charge is 2.32. The zero-order chi connectivity index (χ0) is 15.6. The Labute approximate surface area is 123 Å². The second-order valence-corrected chi connectivity index (χ2v) is 7.22. The van der Waals surface area contributed by atoms with Crippen LogP contribution in [0, 0.1) is 0 Å². The first-order valence-electron chi connectivity index (χ1n) is 6.64. The molecule has 2 rings (SSSR count). The lowest BCUT2D eigenvalue weighted by molar-refractivity contribution is -0.125. The van der Waals surface area contributed by atoms with Crippen LogP contribution in [0.25, 0.3) is 0 Å². The molecule has 0 atom stereocenters. The minimum Gasteiger partial charge on any atom is -0.335 e. The van der Waals surface area contributed by atoms with Crippen LogP contribution < -0.4 is 5.43 Å². The van der Waals surface area contributed by atoms with E-state index in [0.717, 1.165) is 4.31 Å². The highest BCUT2D eigenvalue weighted by molar-refractivity contribution is 7.86. The van der Waals surface area contributed by atoms with Gasteiger partial charge in [0.1, 0.15) is 5.71 Å². The largest absolute Gasteiger partial charge is 0.335 e. The van der Waals surface area contributed by atoms with Crippen molar-refractivity contribution in [1.29, 1.82) is 0 Å². The van der Waals surface area contributed by atoms with Crippen molar-refractivity contribution in [3.63, 3.8) is 0 Å². The van der Waals surface area contributed by atoms with Gasteiger partial charge in [-0.1, -0.05) is 0 Å². The van der Waals surface area contributed by atoms with E-state index in [1.54, 1.807) is 4.90 Å². The first-order valence-corrected chi connectivity index (χ1v) is 8.04. The number of nitrogens with one attached hydrogen (secondary N) is 1. The Morgan fingerprint density at radius 2 is 1.81 bits per heavy atom. The summed E-state index contributed by atoms with van der Waals surface area (Å²) in [5.74, 6) is -0.439. The molecular weight excluding hydrogens is 298 g/mol. The van der Waals surface area contributed by atoms with Gasteiger partial charge in [-0.25, -0.2) is 5.43 Å². The molecule has 1 fully saturated rings. The predicted molar refractivity (Wildman–Crippen MR) is 75.6 cm³/mol. The minimum atomic E-state index is -3.44. The maximum absolute atomic E-state index is 12.2. The van der Waals surface area contributed by atoms with Gasteiger partial charge in [0.15, 0.2) is 0 Å². The van der Waals surface area contributed by atoms with Crippen molar-refractivity contribution >= 4 is 27.7 Å². The monoisotopic (exact) mass is 317 g/mol. The fourth-order valence-electron chi connectivity index (χ4n) is 2.16. The van der Waals surface area contributed by atoms with Crippen LogP contribution in [0.5, 0.6) is 0 Å².